The van der Waals surface area contributed by atoms with Gasteiger partial charge in [0.1, 0.15) is 12.4 Å². The van der Waals surface area contributed by atoms with Crippen LogP contribution in [-0.2, 0) is 16.1 Å². The highest BCUT2D eigenvalue weighted by atomic mass is 32.1. The minimum absolute atomic E-state index is 0.0549. The van der Waals surface area contributed by atoms with Crippen LogP contribution < -0.4 is 9.64 Å². The monoisotopic (exact) mass is 587 g/mol. The summed E-state index contributed by atoms with van der Waals surface area (Å²) in [6, 6.07) is 15.7. The highest BCUT2D eigenvalue weighted by Crippen LogP contribution is 2.38. The number of hydrogen-bond donors (Lipinski definition) is 0. The molecule has 4 aromatic rings. The number of piperidine rings is 1. The van der Waals surface area contributed by atoms with Gasteiger partial charge < -0.3 is 14.4 Å². The molecule has 216 valence electrons. The molecule has 42 heavy (non-hydrogen) atoms. The molecule has 1 aliphatic heterocycles. The molecule has 0 aliphatic carbocycles. The standard InChI is InChI=1S/C33H31F2N3O3S/c1-4-40-32(39)23-9-11-38(12-10-23)33-37-30(19-42-33)28-15-26(34)16-29(35)31(28)41-18-25-7-6-24(14-20(25)2)27-8-5-22(17-36)13-21(27)3/h5-8,13-16,19,23H,4,9-12,18H2,1-3H3. The number of hydrogen-bond acceptors (Lipinski definition) is 7. The van der Waals surface area contributed by atoms with Gasteiger partial charge in [0.2, 0.25) is 0 Å². The Hall–Kier alpha value is -4.29. The van der Waals surface area contributed by atoms with Gasteiger partial charge in [-0.25, -0.2) is 13.8 Å². The molecular formula is C33H31F2N3O3S. The molecule has 0 atom stereocenters. The number of nitriles is 1. The van der Waals surface area contributed by atoms with Gasteiger partial charge in [0.25, 0.3) is 0 Å². The summed E-state index contributed by atoms with van der Waals surface area (Å²) in [6.45, 7) is 7.48. The molecule has 5 rings (SSSR count). The van der Waals surface area contributed by atoms with Crippen molar-refractivity contribution in [3.8, 4) is 34.2 Å². The molecule has 0 saturated carbocycles. The van der Waals surface area contributed by atoms with Crippen LogP contribution in [0.1, 0.15) is 42.0 Å². The van der Waals surface area contributed by atoms with Crippen LogP contribution in [0.3, 0.4) is 0 Å². The molecular weight excluding hydrogens is 556 g/mol. The van der Waals surface area contributed by atoms with E-state index in [0.29, 0.717) is 43.8 Å². The Morgan fingerprint density at radius 1 is 1.07 bits per heavy atom. The van der Waals surface area contributed by atoms with Crippen LogP contribution in [0.4, 0.5) is 13.9 Å². The lowest BCUT2D eigenvalue weighted by Gasteiger charge is -2.30. The van der Waals surface area contributed by atoms with Gasteiger partial charge >= 0.3 is 5.97 Å². The van der Waals surface area contributed by atoms with Crippen LogP contribution in [0.15, 0.2) is 53.9 Å². The Balaban J connectivity index is 1.32. The number of aryl methyl sites for hydroxylation is 2. The van der Waals surface area contributed by atoms with E-state index in [-0.39, 0.29) is 29.8 Å². The number of carbonyl (C=O) groups is 1. The molecule has 2 heterocycles. The molecule has 0 unspecified atom stereocenters. The predicted molar refractivity (Wildman–Crippen MR) is 159 cm³/mol. The maximum atomic E-state index is 15.1. The number of anilines is 1. The Morgan fingerprint density at radius 2 is 1.86 bits per heavy atom. The van der Waals surface area contributed by atoms with Crippen molar-refractivity contribution in [3.05, 3.63) is 87.8 Å². The molecule has 6 nitrogen and oxygen atoms in total. The molecule has 1 aliphatic rings. The van der Waals surface area contributed by atoms with Crippen molar-refractivity contribution < 1.29 is 23.0 Å². The van der Waals surface area contributed by atoms with E-state index in [4.69, 9.17) is 14.7 Å². The first-order valence-electron chi connectivity index (χ1n) is 13.9. The number of ether oxygens (including phenoxy) is 2. The number of halogens is 2. The lowest BCUT2D eigenvalue weighted by atomic mass is 9.96. The maximum absolute atomic E-state index is 15.1. The van der Waals surface area contributed by atoms with Gasteiger partial charge in [-0.3, -0.25) is 4.79 Å². The number of esters is 1. The predicted octanol–water partition coefficient (Wildman–Crippen LogP) is 7.60. The Labute approximate surface area is 248 Å². The summed E-state index contributed by atoms with van der Waals surface area (Å²) >= 11 is 1.39. The average molecular weight is 588 g/mol. The molecule has 0 bridgehead atoms. The van der Waals surface area contributed by atoms with Crippen LogP contribution in [-0.4, -0.2) is 30.6 Å². The third kappa shape index (κ3) is 6.29. The first-order chi connectivity index (χ1) is 20.3. The lowest BCUT2D eigenvalue weighted by Crippen LogP contribution is -2.36. The first-order valence-corrected chi connectivity index (χ1v) is 14.7. The molecule has 3 aromatic carbocycles. The zero-order chi connectivity index (χ0) is 29.8. The van der Waals surface area contributed by atoms with Crippen molar-refractivity contribution in [1.82, 2.24) is 4.98 Å². The van der Waals surface area contributed by atoms with Crippen molar-refractivity contribution >= 4 is 22.4 Å². The van der Waals surface area contributed by atoms with Gasteiger partial charge in [-0.05, 0) is 79.6 Å². The third-order valence-electron chi connectivity index (χ3n) is 7.54. The third-order valence-corrected chi connectivity index (χ3v) is 8.44. The number of carbonyl (C=O) groups excluding carboxylic acids is 1. The molecule has 0 spiro atoms. The molecule has 0 N–H and O–H groups in total. The van der Waals surface area contributed by atoms with Crippen LogP contribution in [0.25, 0.3) is 22.4 Å². The number of nitrogens with zero attached hydrogens (tertiary/aromatic N) is 3. The van der Waals surface area contributed by atoms with Gasteiger partial charge in [-0.2, -0.15) is 5.26 Å². The fourth-order valence-corrected chi connectivity index (χ4v) is 6.11. The molecule has 9 heteroatoms. The highest BCUT2D eigenvalue weighted by molar-refractivity contribution is 7.14. The SMILES string of the molecule is CCOC(=O)C1CCN(c2nc(-c3cc(F)cc(F)c3OCc3ccc(-c4ccc(C#N)cc4C)cc3C)cs2)CC1. The smallest absolute Gasteiger partial charge is 0.309 e. The lowest BCUT2D eigenvalue weighted by molar-refractivity contribution is -0.148. The largest absolute Gasteiger partial charge is 0.485 e. The van der Waals surface area contributed by atoms with Crippen LogP contribution in [0, 0.1) is 42.7 Å². The first kappa shape index (κ1) is 29.2. The van der Waals surface area contributed by atoms with Crippen molar-refractivity contribution in [2.45, 2.75) is 40.2 Å². The zero-order valence-electron chi connectivity index (χ0n) is 23.7. The van der Waals surface area contributed by atoms with E-state index in [1.165, 1.54) is 17.4 Å². The average Bonchev–Trinajstić information content (AvgIpc) is 3.47. The number of thiazole rings is 1. The second-order valence-corrected chi connectivity index (χ2v) is 11.2. The van der Waals surface area contributed by atoms with Crippen molar-refractivity contribution in [2.24, 2.45) is 5.92 Å². The van der Waals surface area contributed by atoms with Gasteiger partial charge in [-0.15, -0.1) is 11.3 Å². The minimum atomic E-state index is -0.794. The molecule has 0 radical (unpaired) electrons. The van der Waals surface area contributed by atoms with E-state index < -0.39 is 11.6 Å². The second kappa shape index (κ2) is 12.7. The summed E-state index contributed by atoms with van der Waals surface area (Å²) in [5, 5.41) is 11.7. The van der Waals surface area contributed by atoms with Crippen molar-refractivity contribution in [1.29, 1.82) is 5.26 Å². The van der Waals surface area contributed by atoms with E-state index in [1.54, 1.807) is 18.4 Å². The number of aromatic nitrogens is 1. The fourth-order valence-electron chi connectivity index (χ4n) is 5.23. The van der Waals surface area contributed by atoms with E-state index in [0.717, 1.165) is 39.0 Å². The van der Waals surface area contributed by atoms with Crippen LogP contribution >= 0.6 is 11.3 Å². The molecule has 0 amide bonds. The van der Waals surface area contributed by atoms with Crippen LogP contribution in [0.2, 0.25) is 0 Å². The van der Waals surface area contributed by atoms with Gasteiger partial charge in [-0.1, -0.05) is 24.3 Å². The van der Waals surface area contributed by atoms with E-state index in [9.17, 15) is 9.18 Å². The van der Waals surface area contributed by atoms with Gasteiger partial charge in [0, 0.05) is 30.1 Å². The van der Waals surface area contributed by atoms with Gasteiger partial charge in [0.15, 0.2) is 16.7 Å². The van der Waals surface area contributed by atoms with Crippen LogP contribution in [0.5, 0.6) is 5.75 Å². The Morgan fingerprint density at radius 3 is 2.55 bits per heavy atom. The van der Waals surface area contributed by atoms with Crippen molar-refractivity contribution in [3.63, 3.8) is 0 Å². The van der Waals surface area contributed by atoms with E-state index in [1.807, 2.05) is 44.2 Å². The summed E-state index contributed by atoms with van der Waals surface area (Å²) in [5.74, 6) is -1.84. The fraction of sp³-hybridized carbons (Fsp3) is 0.303. The zero-order valence-corrected chi connectivity index (χ0v) is 24.6. The van der Waals surface area contributed by atoms with E-state index >= 15 is 4.39 Å². The van der Waals surface area contributed by atoms with Gasteiger partial charge in [0.05, 0.1) is 29.9 Å². The summed E-state index contributed by atoms with van der Waals surface area (Å²) in [6.07, 6.45) is 1.33. The highest BCUT2D eigenvalue weighted by Gasteiger charge is 2.28. The second-order valence-electron chi connectivity index (χ2n) is 10.4. The minimum Gasteiger partial charge on any atom is -0.485 e. The molecule has 1 saturated heterocycles. The quantitative estimate of drug-likeness (QED) is 0.198. The normalized spacial score (nSPS) is 13.6. The van der Waals surface area contributed by atoms with E-state index in [2.05, 4.69) is 16.0 Å². The summed E-state index contributed by atoms with van der Waals surface area (Å²) < 4.78 is 40.6. The summed E-state index contributed by atoms with van der Waals surface area (Å²) in [4.78, 5) is 18.9. The number of benzene rings is 3. The Bertz CT molecular complexity index is 1650. The Kier molecular flexibility index (Phi) is 8.83. The van der Waals surface area contributed by atoms with Crippen molar-refractivity contribution in [2.75, 3.05) is 24.6 Å². The summed E-state index contributed by atoms with van der Waals surface area (Å²) in [7, 11) is 0. The summed E-state index contributed by atoms with van der Waals surface area (Å²) in [5.41, 5.74) is 6.15. The molecule has 1 fully saturated rings. The molecule has 1 aromatic heterocycles. The topological polar surface area (TPSA) is 75.4 Å². The number of rotatable bonds is 8. The maximum Gasteiger partial charge on any atom is 0.309 e.